The van der Waals surface area contributed by atoms with Crippen LogP contribution in [-0.2, 0) is 29.3 Å². The molecule has 2 aromatic rings. The molecule has 0 fully saturated rings. The summed E-state index contributed by atoms with van der Waals surface area (Å²) in [4.78, 5) is 9.75. The molecule has 0 bridgehead atoms. The van der Waals surface area contributed by atoms with E-state index < -0.39 is 0 Å². The molecule has 0 aromatic heterocycles. The largest absolute Gasteiger partial charge is 0.255 e. The maximum absolute atomic E-state index is 4.96. The van der Waals surface area contributed by atoms with Gasteiger partial charge in [-0.05, 0) is 73.9 Å². The summed E-state index contributed by atoms with van der Waals surface area (Å²) in [5, 5.41) is 0. The predicted molar refractivity (Wildman–Crippen MR) is 180 cm³/mol. The minimum atomic E-state index is 0. The van der Waals surface area contributed by atoms with E-state index in [1.807, 2.05) is 6.21 Å². The van der Waals surface area contributed by atoms with Crippen LogP contribution in [0.5, 0.6) is 0 Å². The molecule has 3 heteroatoms. The van der Waals surface area contributed by atoms with E-state index in [0.29, 0.717) is 0 Å². The molecule has 0 N–H and O–H groups in total. The van der Waals surface area contributed by atoms with Crippen LogP contribution < -0.4 is 0 Å². The summed E-state index contributed by atoms with van der Waals surface area (Å²) in [6.07, 6.45) is 29.6. The van der Waals surface area contributed by atoms with E-state index >= 15 is 0 Å². The summed E-state index contributed by atoms with van der Waals surface area (Å²) in [5.74, 6) is 0. The molecule has 2 nitrogen and oxygen atoms in total. The van der Waals surface area contributed by atoms with Crippen LogP contribution in [0, 0.1) is 0 Å². The maximum atomic E-state index is 4.96. The van der Waals surface area contributed by atoms with Gasteiger partial charge in [0.05, 0.1) is 17.1 Å². The van der Waals surface area contributed by atoms with Gasteiger partial charge in [-0.3, -0.25) is 9.98 Å². The molecule has 0 unspecified atom stereocenters. The molecule has 0 aliphatic carbocycles. The van der Waals surface area contributed by atoms with Crippen LogP contribution >= 0.6 is 0 Å². The van der Waals surface area contributed by atoms with E-state index in [1.54, 1.807) is 0 Å². The van der Waals surface area contributed by atoms with Crippen LogP contribution in [-0.4, -0.2) is 11.9 Å². The molecule has 0 heterocycles. The second-order valence-corrected chi connectivity index (χ2v) is 11.7. The molecular formula is C38H60N2Ni. The zero-order valence-electron chi connectivity index (χ0n) is 26.8. The van der Waals surface area contributed by atoms with Gasteiger partial charge in [0.25, 0.3) is 0 Å². The van der Waals surface area contributed by atoms with Crippen molar-refractivity contribution in [3.63, 3.8) is 0 Å². The van der Waals surface area contributed by atoms with Gasteiger partial charge in [0.15, 0.2) is 0 Å². The van der Waals surface area contributed by atoms with Crippen molar-refractivity contribution in [1.82, 2.24) is 0 Å². The Morgan fingerprint density at radius 1 is 0.488 bits per heavy atom. The Bertz CT molecular complexity index is 914. The quantitative estimate of drug-likeness (QED) is 0.0648. The third kappa shape index (κ3) is 19.2. The maximum Gasteiger partial charge on any atom is 0.0633 e. The van der Waals surface area contributed by atoms with Crippen LogP contribution in [0.15, 0.2) is 58.5 Å². The van der Waals surface area contributed by atoms with Crippen LogP contribution in [0.4, 0.5) is 11.4 Å². The summed E-state index contributed by atoms with van der Waals surface area (Å²) < 4.78 is 0. The van der Waals surface area contributed by atoms with Crippen molar-refractivity contribution in [3.8, 4) is 0 Å². The molecule has 0 radical (unpaired) electrons. The summed E-state index contributed by atoms with van der Waals surface area (Å²) in [6.45, 7) is 6.81. The molecule has 0 atom stereocenters. The molecule has 2 rings (SSSR count). The van der Waals surface area contributed by atoms with Crippen LogP contribution in [0.25, 0.3) is 0 Å². The van der Waals surface area contributed by atoms with Gasteiger partial charge in [-0.2, -0.15) is 0 Å². The average Bonchev–Trinajstić information content (AvgIpc) is 2.98. The zero-order chi connectivity index (χ0) is 28.5. The van der Waals surface area contributed by atoms with Crippen molar-refractivity contribution in [3.05, 3.63) is 59.7 Å². The summed E-state index contributed by atoms with van der Waals surface area (Å²) in [5.41, 5.74) is 5.99. The van der Waals surface area contributed by atoms with E-state index in [9.17, 15) is 0 Å². The second-order valence-electron chi connectivity index (χ2n) is 11.7. The van der Waals surface area contributed by atoms with E-state index in [4.69, 9.17) is 9.98 Å². The van der Waals surface area contributed by atoms with Crippen molar-refractivity contribution < 1.29 is 16.5 Å². The number of benzene rings is 2. The standard InChI is InChI=1S/C38H60N2.Ni/c1-4-7-10-12-14-16-18-20-22-34-25-29-36(30-26-34)39-33-38(24-9-6-3)40-37-31-27-35(28-32-37)23-21-19-17-15-13-11-8-5-2;/h25-33H,4-24H2,1-3H3;. The number of aliphatic imine (C=N–C) groups is 2. The van der Waals surface area contributed by atoms with E-state index in [2.05, 4.69) is 69.3 Å². The van der Waals surface area contributed by atoms with Gasteiger partial charge < -0.3 is 0 Å². The van der Waals surface area contributed by atoms with Crippen molar-refractivity contribution in [2.45, 2.75) is 156 Å². The molecule has 0 saturated heterocycles. The first-order valence-electron chi connectivity index (χ1n) is 17.0. The Balaban J connectivity index is 0.00000840. The fraction of sp³-hybridized carbons (Fsp3) is 0.632. The number of hydrogen-bond acceptors (Lipinski definition) is 2. The Morgan fingerprint density at radius 2 is 0.878 bits per heavy atom. The molecule has 2 aromatic carbocycles. The fourth-order valence-electron chi connectivity index (χ4n) is 5.23. The van der Waals surface area contributed by atoms with Crippen LogP contribution in [0.2, 0.25) is 0 Å². The SMILES string of the molecule is CCCCCCCCCCc1ccc(N=CC(CCCC)=Nc2ccc(CCCCCCCCCC)cc2)cc1.[Ni]. The van der Waals surface area contributed by atoms with Gasteiger partial charge >= 0.3 is 0 Å². The minimum absolute atomic E-state index is 0. The smallest absolute Gasteiger partial charge is 0.0633 e. The number of aryl methyl sites for hydroxylation is 2. The topological polar surface area (TPSA) is 24.7 Å². The summed E-state index contributed by atoms with van der Waals surface area (Å²) >= 11 is 0. The van der Waals surface area contributed by atoms with Gasteiger partial charge in [0.2, 0.25) is 0 Å². The molecular weight excluding hydrogens is 543 g/mol. The Kier molecular flexibility index (Phi) is 23.6. The average molecular weight is 604 g/mol. The van der Waals surface area contributed by atoms with Crippen molar-refractivity contribution in [2.24, 2.45) is 9.98 Å². The van der Waals surface area contributed by atoms with Crippen molar-refractivity contribution >= 4 is 23.3 Å². The zero-order valence-corrected chi connectivity index (χ0v) is 27.7. The molecule has 0 aliphatic heterocycles. The van der Waals surface area contributed by atoms with E-state index in [-0.39, 0.29) is 16.5 Å². The number of nitrogens with zero attached hydrogens (tertiary/aromatic N) is 2. The van der Waals surface area contributed by atoms with Gasteiger partial charge in [-0.15, -0.1) is 0 Å². The van der Waals surface area contributed by atoms with Crippen molar-refractivity contribution in [1.29, 1.82) is 0 Å². The Morgan fingerprint density at radius 3 is 1.32 bits per heavy atom. The summed E-state index contributed by atoms with van der Waals surface area (Å²) in [6, 6.07) is 17.7. The molecule has 0 spiro atoms. The molecule has 0 aliphatic rings. The number of hydrogen-bond donors (Lipinski definition) is 0. The minimum Gasteiger partial charge on any atom is -0.255 e. The van der Waals surface area contributed by atoms with E-state index in [0.717, 1.165) is 36.3 Å². The number of rotatable bonds is 24. The first kappa shape index (κ1) is 37.3. The van der Waals surface area contributed by atoms with Crippen LogP contribution in [0.3, 0.4) is 0 Å². The van der Waals surface area contributed by atoms with Gasteiger partial charge in [-0.25, -0.2) is 0 Å². The molecule has 232 valence electrons. The van der Waals surface area contributed by atoms with Gasteiger partial charge in [0.1, 0.15) is 0 Å². The Labute approximate surface area is 264 Å². The third-order valence-corrected chi connectivity index (χ3v) is 7.93. The predicted octanol–water partition coefficient (Wildman–Crippen LogP) is 12.7. The Hall–Kier alpha value is -1.73. The fourth-order valence-corrected chi connectivity index (χ4v) is 5.23. The third-order valence-electron chi connectivity index (χ3n) is 7.93. The molecule has 0 saturated carbocycles. The van der Waals surface area contributed by atoms with Crippen LogP contribution in [0.1, 0.15) is 154 Å². The summed E-state index contributed by atoms with van der Waals surface area (Å²) in [7, 11) is 0. The molecule has 41 heavy (non-hydrogen) atoms. The van der Waals surface area contributed by atoms with Gasteiger partial charge in [-0.1, -0.05) is 141 Å². The van der Waals surface area contributed by atoms with E-state index in [1.165, 1.54) is 127 Å². The van der Waals surface area contributed by atoms with Crippen molar-refractivity contribution in [2.75, 3.05) is 0 Å². The van der Waals surface area contributed by atoms with Gasteiger partial charge in [0, 0.05) is 22.7 Å². The first-order valence-corrected chi connectivity index (χ1v) is 17.0. The molecule has 0 amide bonds. The monoisotopic (exact) mass is 602 g/mol. The second kappa shape index (κ2) is 25.9. The number of unbranched alkanes of at least 4 members (excludes halogenated alkanes) is 15. The normalized spacial score (nSPS) is 11.7. The first-order chi connectivity index (χ1) is 19.7.